The van der Waals surface area contributed by atoms with Crippen molar-refractivity contribution in [3.63, 3.8) is 0 Å². The SMILES string of the molecule is CC(C)N(C)CCn1c(C2CC2)nc2c1CCNC2. The molecule has 0 aromatic carbocycles. The first-order valence-electron chi connectivity index (χ1n) is 7.66. The Balaban J connectivity index is 1.80. The summed E-state index contributed by atoms with van der Waals surface area (Å²) in [4.78, 5) is 7.34. The third kappa shape index (κ3) is 2.70. The van der Waals surface area contributed by atoms with Crippen LogP contribution < -0.4 is 5.32 Å². The quantitative estimate of drug-likeness (QED) is 0.877. The highest BCUT2D eigenvalue weighted by Crippen LogP contribution is 2.40. The Hall–Kier alpha value is -0.870. The highest BCUT2D eigenvalue weighted by molar-refractivity contribution is 5.24. The predicted octanol–water partition coefficient (Wildman–Crippen LogP) is 1.75. The number of likely N-dealkylation sites (N-methyl/N-ethyl adjacent to an activating group) is 1. The summed E-state index contributed by atoms with van der Waals surface area (Å²) in [5.41, 5.74) is 2.80. The van der Waals surface area contributed by atoms with Gasteiger partial charge < -0.3 is 14.8 Å². The molecule has 1 aliphatic carbocycles. The molecule has 0 unspecified atom stereocenters. The molecular weight excluding hydrogens is 236 g/mol. The first-order chi connectivity index (χ1) is 9.16. The molecule has 0 radical (unpaired) electrons. The van der Waals surface area contributed by atoms with E-state index in [1.807, 2.05) is 0 Å². The second-order valence-electron chi connectivity index (χ2n) is 6.29. The van der Waals surface area contributed by atoms with E-state index in [-0.39, 0.29) is 0 Å². The van der Waals surface area contributed by atoms with Crippen molar-refractivity contribution in [1.29, 1.82) is 0 Å². The topological polar surface area (TPSA) is 33.1 Å². The van der Waals surface area contributed by atoms with Gasteiger partial charge in [-0.15, -0.1) is 0 Å². The first-order valence-corrected chi connectivity index (χ1v) is 7.66. The van der Waals surface area contributed by atoms with Crippen molar-refractivity contribution in [3.05, 3.63) is 17.2 Å². The van der Waals surface area contributed by atoms with Crippen LogP contribution in [0.1, 0.15) is 49.8 Å². The molecule has 1 aliphatic heterocycles. The van der Waals surface area contributed by atoms with Gasteiger partial charge >= 0.3 is 0 Å². The van der Waals surface area contributed by atoms with Crippen LogP contribution in [0.4, 0.5) is 0 Å². The molecule has 0 bridgehead atoms. The molecule has 1 N–H and O–H groups in total. The Morgan fingerprint density at radius 1 is 1.42 bits per heavy atom. The lowest BCUT2D eigenvalue weighted by Crippen LogP contribution is -2.31. The number of nitrogens with one attached hydrogen (secondary N) is 1. The van der Waals surface area contributed by atoms with E-state index < -0.39 is 0 Å². The minimum absolute atomic E-state index is 0.616. The second-order valence-corrected chi connectivity index (χ2v) is 6.29. The Bertz CT molecular complexity index is 445. The van der Waals surface area contributed by atoms with E-state index in [9.17, 15) is 0 Å². The molecule has 0 saturated heterocycles. The van der Waals surface area contributed by atoms with E-state index >= 15 is 0 Å². The number of aromatic nitrogens is 2. The molecule has 106 valence electrons. The minimum atomic E-state index is 0.616. The lowest BCUT2D eigenvalue weighted by molar-refractivity contribution is 0.260. The van der Waals surface area contributed by atoms with Crippen LogP contribution >= 0.6 is 0 Å². The van der Waals surface area contributed by atoms with Gasteiger partial charge in [-0.3, -0.25) is 0 Å². The summed E-state index contributed by atoms with van der Waals surface area (Å²) >= 11 is 0. The fourth-order valence-corrected chi connectivity index (χ4v) is 2.81. The summed E-state index contributed by atoms with van der Waals surface area (Å²) in [5.74, 6) is 2.11. The highest BCUT2D eigenvalue weighted by atomic mass is 15.2. The zero-order valence-corrected chi connectivity index (χ0v) is 12.4. The van der Waals surface area contributed by atoms with E-state index in [2.05, 4.69) is 35.7 Å². The van der Waals surface area contributed by atoms with Crippen LogP contribution in [0.2, 0.25) is 0 Å². The van der Waals surface area contributed by atoms with Gasteiger partial charge in [0.2, 0.25) is 0 Å². The number of rotatable bonds is 5. The Labute approximate surface area is 116 Å². The maximum atomic E-state index is 4.92. The van der Waals surface area contributed by atoms with Crippen LogP contribution in [0.3, 0.4) is 0 Å². The molecule has 3 rings (SSSR count). The van der Waals surface area contributed by atoms with E-state index in [0.29, 0.717) is 6.04 Å². The smallest absolute Gasteiger partial charge is 0.112 e. The van der Waals surface area contributed by atoms with Gasteiger partial charge in [0.1, 0.15) is 5.82 Å². The normalized spacial score (nSPS) is 19.2. The summed E-state index contributed by atoms with van der Waals surface area (Å²) in [6, 6.07) is 0.616. The van der Waals surface area contributed by atoms with Gasteiger partial charge in [0.25, 0.3) is 0 Å². The number of fused-ring (bicyclic) bond motifs is 1. The number of imidazole rings is 1. The molecule has 2 aliphatic rings. The number of hydrogen-bond donors (Lipinski definition) is 1. The number of hydrogen-bond acceptors (Lipinski definition) is 3. The van der Waals surface area contributed by atoms with Crippen molar-refractivity contribution in [2.45, 2.75) is 58.2 Å². The maximum Gasteiger partial charge on any atom is 0.112 e. The Morgan fingerprint density at radius 2 is 2.21 bits per heavy atom. The summed E-state index contributed by atoms with van der Waals surface area (Å²) in [7, 11) is 2.21. The van der Waals surface area contributed by atoms with Gasteiger partial charge in [-0.2, -0.15) is 0 Å². The van der Waals surface area contributed by atoms with E-state index in [0.717, 1.165) is 38.5 Å². The molecule has 0 spiro atoms. The fourth-order valence-electron chi connectivity index (χ4n) is 2.81. The standard InChI is InChI=1S/C15H26N4/c1-11(2)18(3)8-9-19-14-6-7-16-10-13(14)17-15(19)12-4-5-12/h11-12,16H,4-10H2,1-3H3. The van der Waals surface area contributed by atoms with Crippen LogP contribution in [0.25, 0.3) is 0 Å². The van der Waals surface area contributed by atoms with Gasteiger partial charge in [0.15, 0.2) is 0 Å². The maximum absolute atomic E-state index is 4.92. The zero-order valence-electron chi connectivity index (χ0n) is 12.4. The van der Waals surface area contributed by atoms with Crippen LogP contribution in [-0.4, -0.2) is 40.6 Å². The van der Waals surface area contributed by atoms with E-state index in [1.54, 1.807) is 0 Å². The van der Waals surface area contributed by atoms with Crippen LogP contribution in [0.15, 0.2) is 0 Å². The van der Waals surface area contributed by atoms with Crippen molar-refractivity contribution >= 4 is 0 Å². The minimum Gasteiger partial charge on any atom is -0.330 e. The molecule has 4 heteroatoms. The van der Waals surface area contributed by atoms with Crippen molar-refractivity contribution in [1.82, 2.24) is 19.8 Å². The van der Waals surface area contributed by atoms with Crippen LogP contribution in [0, 0.1) is 0 Å². The summed E-state index contributed by atoms with van der Waals surface area (Å²) in [5, 5.41) is 3.44. The average Bonchev–Trinajstić information content (AvgIpc) is 3.18. The molecule has 1 saturated carbocycles. The second kappa shape index (κ2) is 5.25. The Kier molecular flexibility index (Phi) is 3.63. The van der Waals surface area contributed by atoms with Gasteiger partial charge in [0, 0.05) is 50.3 Å². The predicted molar refractivity (Wildman–Crippen MR) is 77.4 cm³/mol. The number of nitrogens with zero attached hydrogens (tertiary/aromatic N) is 3. The summed E-state index contributed by atoms with van der Waals surface area (Å²) in [6.07, 6.45) is 3.81. The largest absolute Gasteiger partial charge is 0.330 e. The summed E-state index contributed by atoms with van der Waals surface area (Å²) < 4.78 is 2.53. The van der Waals surface area contributed by atoms with Crippen molar-refractivity contribution in [2.24, 2.45) is 0 Å². The molecule has 2 heterocycles. The van der Waals surface area contributed by atoms with Crippen LogP contribution in [0.5, 0.6) is 0 Å². The third-order valence-corrected chi connectivity index (χ3v) is 4.52. The molecular formula is C15H26N4. The van der Waals surface area contributed by atoms with Crippen LogP contribution in [-0.2, 0) is 19.5 Å². The summed E-state index contributed by atoms with van der Waals surface area (Å²) in [6.45, 7) is 8.80. The highest BCUT2D eigenvalue weighted by Gasteiger charge is 2.31. The lowest BCUT2D eigenvalue weighted by Gasteiger charge is -2.23. The molecule has 0 amide bonds. The molecule has 19 heavy (non-hydrogen) atoms. The average molecular weight is 262 g/mol. The Morgan fingerprint density at radius 3 is 2.89 bits per heavy atom. The van der Waals surface area contributed by atoms with Crippen molar-refractivity contribution in [2.75, 3.05) is 20.1 Å². The van der Waals surface area contributed by atoms with E-state index in [4.69, 9.17) is 4.98 Å². The fraction of sp³-hybridized carbons (Fsp3) is 0.800. The van der Waals surface area contributed by atoms with Gasteiger partial charge in [-0.1, -0.05) is 0 Å². The molecule has 1 fully saturated rings. The van der Waals surface area contributed by atoms with Gasteiger partial charge in [-0.25, -0.2) is 4.98 Å². The lowest BCUT2D eigenvalue weighted by atomic mass is 10.2. The molecule has 1 aromatic heterocycles. The molecule has 4 nitrogen and oxygen atoms in total. The van der Waals surface area contributed by atoms with Crippen molar-refractivity contribution < 1.29 is 0 Å². The monoisotopic (exact) mass is 262 g/mol. The van der Waals surface area contributed by atoms with E-state index in [1.165, 1.54) is 30.1 Å². The van der Waals surface area contributed by atoms with Crippen molar-refractivity contribution in [3.8, 4) is 0 Å². The van der Waals surface area contributed by atoms with Gasteiger partial charge in [-0.05, 0) is 33.7 Å². The zero-order chi connectivity index (χ0) is 13.4. The molecule has 0 atom stereocenters. The third-order valence-electron chi connectivity index (χ3n) is 4.52. The van der Waals surface area contributed by atoms with Gasteiger partial charge in [0.05, 0.1) is 5.69 Å². The molecule has 1 aromatic rings. The first kappa shape index (κ1) is 13.1.